The van der Waals surface area contributed by atoms with Gasteiger partial charge in [0.2, 0.25) is 0 Å². The van der Waals surface area contributed by atoms with Crippen molar-refractivity contribution in [2.24, 2.45) is 11.7 Å². The monoisotopic (exact) mass is 170 g/mol. The highest BCUT2D eigenvalue weighted by Gasteiger charge is 2.38. The fourth-order valence-electron chi connectivity index (χ4n) is 1.34. The van der Waals surface area contributed by atoms with Crippen LogP contribution in [-0.2, 0) is 0 Å². The summed E-state index contributed by atoms with van der Waals surface area (Å²) in [5.74, 6) is 0.757. The molecule has 2 nitrogen and oxygen atoms in total. The lowest BCUT2D eigenvalue weighted by Gasteiger charge is -2.30. The highest BCUT2D eigenvalue weighted by atomic mass is 15.0. The number of hydrogen-bond donors (Lipinski definition) is 2. The SMILES string of the molecule is CC(C)(C)NCC(C)(N)C1CC1. The van der Waals surface area contributed by atoms with E-state index in [9.17, 15) is 0 Å². The second kappa shape index (κ2) is 3.00. The summed E-state index contributed by atoms with van der Waals surface area (Å²) < 4.78 is 0. The third kappa shape index (κ3) is 3.11. The van der Waals surface area contributed by atoms with Crippen LogP contribution in [0.4, 0.5) is 0 Å². The van der Waals surface area contributed by atoms with E-state index in [1.807, 2.05) is 0 Å². The van der Waals surface area contributed by atoms with Crippen LogP contribution < -0.4 is 11.1 Å². The van der Waals surface area contributed by atoms with Gasteiger partial charge in [0.25, 0.3) is 0 Å². The van der Waals surface area contributed by atoms with Crippen molar-refractivity contribution >= 4 is 0 Å². The molecule has 1 aliphatic rings. The summed E-state index contributed by atoms with van der Waals surface area (Å²) in [7, 11) is 0. The molecule has 1 fully saturated rings. The van der Waals surface area contributed by atoms with Crippen LogP contribution in [0.1, 0.15) is 40.5 Å². The van der Waals surface area contributed by atoms with Crippen molar-refractivity contribution in [1.82, 2.24) is 5.32 Å². The van der Waals surface area contributed by atoms with Gasteiger partial charge in [-0.05, 0) is 46.5 Å². The molecule has 1 rings (SSSR count). The van der Waals surface area contributed by atoms with Crippen molar-refractivity contribution < 1.29 is 0 Å². The van der Waals surface area contributed by atoms with E-state index in [4.69, 9.17) is 5.73 Å². The second-order valence-electron chi connectivity index (χ2n) is 5.38. The van der Waals surface area contributed by atoms with Gasteiger partial charge in [0, 0.05) is 17.6 Å². The molecule has 1 unspecified atom stereocenters. The third-order valence-electron chi connectivity index (χ3n) is 2.51. The summed E-state index contributed by atoms with van der Waals surface area (Å²) in [5, 5.41) is 3.46. The molecule has 0 aliphatic heterocycles. The Bertz CT molecular complexity index is 152. The molecule has 72 valence electrons. The topological polar surface area (TPSA) is 38.0 Å². The van der Waals surface area contributed by atoms with Gasteiger partial charge in [-0.2, -0.15) is 0 Å². The maximum absolute atomic E-state index is 6.17. The van der Waals surface area contributed by atoms with Crippen molar-refractivity contribution in [2.45, 2.75) is 51.6 Å². The van der Waals surface area contributed by atoms with E-state index >= 15 is 0 Å². The Morgan fingerprint density at radius 2 is 1.75 bits per heavy atom. The maximum Gasteiger partial charge on any atom is 0.0280 e. The molecular weight excluding hydrogens is 148 g/mol. The third-order valence-corrected chi connectivity index (χ3v) is 2.51. The largest absolute Gasteiger partial charge is 0.324 e. The molecule has 12 heavy (non-hydrogen) atoms. The molecule has 0 aromatic rings. The van der Waals surface area contributed by atoms with Crippen molar-refractivity contribution in [2.75, 3.05) is 6.54 Å². The minimum Gasteiger partial charge on any atom is -0.324 e. The van der Waals surface area contributed by atoms with Gasteiger partial charge in [-0.15, -0.1) is 0 Å². The Kier molecular flexibility index (Phi) is 2.50. The van der Waals surface area contributed by atoms with Crippen LogP contribution in [0.3, 0.4) is 0 Å². The summed E-state index contributed by atoms with van der Waals surface area (Å²) >= 11 is 0. The van der Waals surface area contributed by atoms with E-state index in [1.165, 1.54) is 12.8 Å². The molecule has 1 atom stereocenters. The number of nitrogens with two attached hydrogens (primary N) is 1. The van der Waals surface area contributed by atoms with E-state index in [2.05, 4.69) is 33.0 Å². The van der Waals surface area contributed by atoms with Crippen LogP contribution >= 0.6 is 0 Å². The molecule has 0 radical (unpaired) electrons. The van der Waals surface area contributed by atoms with Gasteiger partial charge >= 0.3 is 0 Å². The maximum atomic E-state index is 6.17. The first-order valence-electron chi connectivity index (χ1n) is 4.85. The Morgan fingerprint density at radius 3 is 2.08 bits per heavy atom. The highest BCUT2D eigenvalue weighted by molar-refractivity contribution is 4.97. The average Bonchev–Trinajstić information content (AvgIpc) is 2.62. The van der Waals surface area contributed by atoms with Crippen molar-refractivity contribution in [3.05, 3.63) is 0 Å². The van der Waals surface area contributed by atoms with Crippen LogP contribution in [0.2, 0.25) is 0 Å². The van der Waals surface area contributed by atoms with Gasteiger partial charge < -0.3 is 11.1 Å². The van der Waals surface area contributed by atoms with Gasteiger partial charge in [0.15, 0.2) is 0 Å². The van der Waals surface area contributed by atoms with E-state index in [-0.39, 0.29) is 11.1 Å². The van der Waals surface area contributed by atoms with Gasteiger partial charge in [0.05, 0.1) is 0 Å². The predicted octanol–water partition coefficient (Wildman–Crippen LogP) is 1.50. The zero-order chi connectivity index (χ0) is 9.41. The summed E-state index contributed by atoms with van der Waals surface area (Å²) in [6.45, 7) is 9.62. The Labute approximate surface area is 75.9 Å². The zero-order valence-corrected chi connectivity index (χ0v) is 8.78. The first-order valence-corrected chi connectivity index (χ1v) is 4.85. The number of nitrogens with one attached hydrogen (secondary N) is 1. The quantitative estimate of drug-likeness (QED) is 0.673. The molecule has 0 saturated heterocycles. The normalized spacial score (nSPS) is 23.8. The van der Waals surface area contributed by atoms with Crippen molar-refractivity contribution in [1.29, 1.82) is 0 Å². The fourth-order valence-corrected chi connectivity index (χ4v) is 1.34. The Morgan fingerprint density at radius 1 is 1.25 bits per heavy atom. The lowest BCUT2D eigenvalue weighted by molar-refractivity contribution is 0.321. The summed E-state index contributed by atoms with van der Waals surface area (Å²) in [6.07, 6.45) is 2.64. The lowest BCUT2D eigenvalue weighted by Crippen LogP contribution is -2.52. The standard InChI is InChI=1S/C10H22N2/c1-9(2,3)12-7-10(4,11)8-5-6-8/h8,12H,5-7,11H2,1-4H3. The van der Waals surface area contributed by atoms with E-state index in [0.717, 1.165) is 12.5 Å². The molecule has 1 saturated carbocycles. The molecule has 2 heteroatoms. The average molecular weight is 170 g/mol. The van der Waals surface area contributed by atoms with Crippen LogP contribution in [0, 0.1) is 5.92 Å². The molecule has 0 aromatic carbocycles. The predicted molar refractivity (Wildman–Crippen MR) is 53.1 cm³/mol. The van der Waals surface area contributed by atoms with Crippen molar-refractivity contribution in [3.63, 3.8) is 0 Å². The second-order valence-corrected chi connectivity index (χ2v) is 5.38. The summed E-state index contributed by atoms with van der Waals surface area (Å²) in [5.41, 5.74) is 6.36. The number of hydrogen-bond acceptors (Lipinski definition) is 2. The molecule has 3 N–H and O–H groups in total. The molecule has 0 aromatic heterocycles. The Balaban J connectivity index is 2.30. The highest BCUT2D eigenvalue weighted by Crippen LogP contribution is 2.37. The molecular formula is C10H22N2. The fraction of sp³-hybridized carbons (Fsp3) is 1.00. The van der Waals surface area contributed by atoms with E-state index in [0.29, 0.717) is 0 Å². The molecule has 0 spiro atoms. The van der Waals surface area contributed by atoms with Gasteiger partial charge in [-0.25, -0.2) is 0 Å². The molecule has 0 bridgehead atoms. The van der Waals surface area contributed by atoms with Crippen molar-refractivity contribution in [3.8, 4) is 0 Å². The molecule has 0 heterocycles. The Hall–Kier alpha value is -0.0800. The smallest absolute Gasteiger partial charge is 0.0280 e. The minimum absolute atomic E-state index is 0.00722. The summed E-state index contributed by atoms with van der Waals surface area (Å²) in [4.78, 5) is 0. The van der Waals surface area contributed by atoms with Gasteiger partial charge in [-0.1, -0.05) is 0 Å². The van der Waals surface area contributed by atoms with Gasteiger partial charge in [0.1, 0.15) is 0 Å². The van der Waals surface area contributed by atoms with Crippen LogP contribution in [0.25, 0.3) is 0 Å². The lowest BCUT2D eigenvalue weighted by atomic mass is 9.96. The first-order chi connectivity index (χ1) is 5.31. The number of rotatable bonds is 3. The van der Waals surface area contributed by atoms with Crippen LogP contribution in [0.5, 0.6) is 0 Å². The molecule has 1 aliphatic carbocycles. The molecule has 0 amide bonds. The summed E-state index contributed by atoms with van der Waals surface area (Å²) in [6, 6.07) is 0. The first kappa shape index (κ1) is 10.0. The minimum atomic E-state index is 0.00722. The van der Waals surface area contributed by atoms with Crippen LogP contribution in [0.15, 0.2) is 0 Å². The van der Waals surface area contributed by atoms with Crippen LogP contribution in [-0.4, -0.2) is 17.6 Å². The van der Waals surface area contributed by atoms with E-state index < -0.39 is 0 Å². The van der Waals surface area contributed by atoms with E-state index in [1.54, 1.807) is 0 Å². The van der Waals surface area contributed by atoms with Gasteiger partial charge in [-0.3, -0.25) is 0 Å². The zero-order valence-electron chi connectivity index (χ0n) is 8.78.